The molecule has 2 fully saturated rings. The van der Waals surface area contributed by atoms with E-state index in [1.807, 2.05) is 16.7 Å². The fraction of sp³-hybridized carbons (Fsp3) is 0.909. The molecule has 3 nitrogen and oxygen atoms in total. The highest BCUT2D eigenvalue weighted by Gasteiger charge is 2.40. The molecule has 0 saturated carbocycles. The minimum Gasteiger partial charge on any atom is -0.339 e. The van der Waals surface area contributed by atoms with E-state index in [4.69, 9.17) is 0 Å². The fourth-order valence-electron chi connectivity index (χ4n) is 2.40. The van der Waals surface area contributed by atoms with Gasteiger partial charge in [0.25, 0.3) is 0 Å². The molecule has 1 amide bonds. The van der Waals surface area contributed by atoms with E-state index in [9.17, 15) is 4.79 Å². The predicted octanol–water partition coefficient (Wildman–Crippen LogP) is 1.09. The molecule has 4 heteroatoms. The standard InChI is InChI=1S/C11H20N2OS/c1-9-8-13(6-5-12-9)10(14)11(2)4-3-7-15-11/h9,12H,3-8H2,1-2H3/t9-,11?/m0/s1. The molecule has 0 aliphatic carbocycles. The number of nitrogens with one attached hydrogen (secondary N) is 1. The maximum Gasteiger partial charge on any atom is 0.238 e. The molecule has 0 radical (unpaired) electrons. The molecule has 1 unspecified atom stereocenters. The first-order chi connectivity index (χ1) is 7.12. The highest BCUT2D eigenvalue weighted by Crippen LogP contribution is 2.39. The van der Waals surface area contributed by atoms with Gasteiger partial charge in [-0.1, -0.05) is 0 Å². The first kappa shape index (κ1) is 11.3. The number of thioether (sulfide) groups is 1. The van der Waals surface area contributed by atoms with Crippen molar-refractivity contribution in [2.75, 3.05) is 25.4 Å². The second-order valence-corrected chi connectivity index (χ2v) is 6.39. The van der Waals surface area contributed by atoms with Crippen molar-refractivity contribution in [3.63, 3.8) is 0 Å². The van der Waals surface area contributed by atoms with Crippen molar-refractivity contribution < 1.29 is 4.79 Å². The van der Waals surface area contributed by atoms with E-state index < -0.39 is 0 Å². The van der Waals surface area contributed by atoms with Gasteiger partial charge in [0.2, 0.25) is 5.91 Å². The second kappa shape index (κ2) is 4.34. The maximum atomic E-state index is 12.3. The van der Waals surface area contributed by atoms with Crippen molar-refractivity contribution in [2.45, 2.75) is 37.5 Å². The number of amides is 1. The lowest BCUT2D eigenvalue weighted by Crippen LogP contribution is -2.55. The maximum absolute atomic E-state index is 12.3. The van der Waals surface area contributed by atoms with Crippen LogP contribution in [-0.2, 0) is 4.79 Å². The summed E-state index contributed by atoms with van der Waals surface area (Å²) in [7, 11) is 0. The van der Waals surface area contributed by atoms with Gasteiger partial charge in [-0.3, -0.25) is 4.79 Å². The molecule has 0 aromatic rings. The van der Waals surface area contributed by atoms with Crippen LogP contribution in [0.25, 0.3) is 0 Å². The molecule has 2 rings (SSSR count). The van der Waals surface area contributed by atoms with Gasteiger partial charge < -0.3 is 10.2 Å². The van der Waals surface area contributed by atoms with Gasteiger partial charge in [-0.2, -0.15) is 0 Å². The highest BCUT2D eigenvalue weighted by atomic mass is 32.2. The summed E-state index contributed by atoms with van der Waals surface area (Å²) in [6, 6.07) is 0.442. The third-order valence-electron chi connectivity index (χ3n) is 3.33. The SMILES string of the molecule is C[C@H]1CN(C(=O)C2(C)CCCS2)CCN1. The van der Waals surface area contributed by atoms with Crippen LogP contribution in [0.2, 0.25) is 0 Å². The zero-order valence-corrected chi connectivity index (χ0v) is 10.4. The Morgan fingerprint density at radius 2 is 2.40 bits per heavy atom. The van der Waals surface area contributed by atoms with Crippen LogP contribution >= 0.6 is 11.8 Å². The minimum absolute atomic E-state index is 0.128. The molecule has 1 N–H and O–H groups in total. The summed E-state index contributed by atoms with van der Waals surface area (Å²) in [4.78, 5) is 14.4. The third-order valence-corrected chi connectivity index (χ3v) is 4.84. The van der Waals surface area contributed by atoms with Gasteiger partial charge in [-0.05, 0) is 32.4 Å². The summed E-state index contributed by atoms with van der Waals surface area (Å²) in [5.74, 6) is 1.50. The molecule has 86 valence electrons. The van der Waals surface area contributed by atoms with Gasteiger partial charge in [-0.25, -0.2) is 0 Å². The lowest BCUT2D eigenvalue weighted by Gasteiger charge is -2.36. The van der Waals surface area contributed by atoms with Crippen molar-refractivity contribution >= 4 is 17.7 Å². The topological polar surface area (TPSA) is 32.3 Å². The van der Waals surface area contributed by atoms with Crippen LogP contribution in [-0.4, -0.2) is 47.0 Å². The summed E-state index contributed by atoms with van der Waals surface area (Å²) in [5.41, 5.74) is 0. The first-order valence-electron chi connectivity index (χ1n) is 5.78. The number of carbonyl (C=O) groups is 1. The van der Waals surface area contributed by atoms with Gasteiger partial charge in [0, 0.05) is 25.7 Å². The Morgan fingerprint density at radius 3 is 3.00 bits per heavy atom. The molecule has 2 saturated heterocycles. The van der Waals surface area contributed by atoms with Crippen LogP contribution in [0.4, 0.5) is 0 Å². The molecule has 2 heterocycles. The van der Waals surface area contributed by atoms with Crippen LogP contribution in [0.3, 0.4) is 0 Å². The molecule has 2 atom stereocenters. The smallest absolute Gasteiger partial charge is 0.238 e. The molecule has 0 bridgehead atoms. The average Bonchev–Trinajstić information content (AvgIpc) is 2.65. The minimum atomic E-state index is -0.128. The molecule has 2 aliphatic rings. The molecular formula is C11H20N2OS. The van der Waals surface area contributed by atoms with E-state index in [-0.39, 0.29) is 4.75 Å². The average molecular weight is 228 g/mol. The van der Waals surface area contributed by atoms with E-state index in [1.54, 1.807) is 0 Å². The van der Waals surface area contributed by atoms with Crippen LogP contribution in [0.5, 0.6) is 0 Å². The molecule has 0 spiro atoms. The van der Waals surface area contributed by atoms with E-state index in [0.29, 0.717) is 11.9 Å². The van der Waals surface area contributed by atoms with Gasteiger partial charge in [-0.15, -0.1) is 11.8 Å². The van der Waals surface area contributed by atoms with Crippen LogP contribution < -0.4 is 5.32 Å². The van der Waals surface area contributed by atoms with Gasteiger partial charge in [0.15, 0.2) is 0 Å². The van der Waals surface area contributed by atoms with Gasteiger partial charge in [0.1, 0.15) is 0 Å². The fourth-order valence-corrected chi connectivity index (χ4v) is 3.68. The van der Waals surface area contributed by atoms with E-state index in [0.717, 1.165) is 31.8 Å². The summed E-state index contributed by atoms with van der Waals surface area (Å²) in [5, 5.41) is 3.37. The Bertz CT molecular complexity index is 251. The van der Waals surface area contributed by atoms with E-state index >= 15 is 0 Å². The van der Waals surface area contributed by atoms with Crippen molar-refractivity contribution in [3.8, 4) is 0 Å². The van der Waals surface area contributed by atoms with Gasteiger partial charge in [0.05, 0.1) is 4.75 Å². The first-order valence-corrected chi connectivity index (χ1v) is 6.77. The lowest BCUT2D eigenvalue weighted by atomic mass is 10.0. The van der Waals surface area contributed by atoms with E-state index in [1.165, 1.54) is 6.42 Å². The number of rotatable bonds is 1. The second-order valence-electron chi connectivity index (χ2n) is 4.79. The largest absolute Gasteiger partial charge is 0.339 e. The zero-order valence-electron chi connectivity index (χ0n) is 9.58. The van der Waals surface area contributed by atoms with Crippen LogP contribution in [0.15, 0.2) is 0 Å². The Kier molecular flexibility index (Phi) is 3.26. The Hall–Kier alpha value is -0.220. The zero-order chi connectivity index (χ0) is 10.9. The summed E-state index contributed by atoms with van der Waals surface area (Å²) in [6.45, 7) is 6.94. The molecular weight excluding hydrogens is 208 g/mol. The summed E-state index contributed by atoms with van der Waals surface area (Å²) in [6.07, 6.45) is 2.24. The van der Waals surface area contributed by atoms with Crippen molar-refractivity contribution in [1.82, 2.24) is 10.2 Å². The number of hydrogen-bond acceptors (Lipinski definition) is 3. The lowest BCUT2D eigenvalue weighted by molar-refractivity contribution is -0.134. The number of nitrogens with zero attached hydrogens (tertiary/aromatic N) is 1. The normalized spacial score (nSPS) is 36.9. The van der Waals surface area contributed by atoms with Gasteiger partial charge >= 0.3 is 0 Å². The monoisotopic (exact) mass is 228 g/mol. The Morgan fingerprint density at radius 1 is 1.60 bits per heavy atom. The molecule has 15 heavy (non-hydrogen) atoms. The summed E-state index contributed by atoms with van der Waals surface area (Å²) >= 11 is 1.84. The molecule has 0 aromatic carbocycles. The molecule has 0 aromatic heterocycles. The number of carbonyl (C=O) groups excluding carboxylic acids is 1. The summed E-state index contributed by atoms with van der Waals surface area (Å²) < 4.78 is -0.128. The van der Waals surface area contributed by atoms with Crippen LogP contribution in [0, 0.1) is 0 Å². The number of hydrogen-bond donors (Lipinski definition) is 1. The quantitative estimate of drug-likeness (QED) is 0.729. The van der Waals surface area contributed by atoms with Crippen LogP contribution in [0.1, 0.15) is 26.7 Å². The Labute approximate surface area is 96.0 Å². The Balaban J connectivity index is 2.00. The van der Waals surface area contributed by atoms with Crippen molar-refractivity contribution in [1.29, 1.82) is 0 Å². The predicted molar refractivity (Wildman–Crippen MR) is 64.1 cm³/mol. The number of piperazine rings is 1. The van der Waals surface area contributed by atoms with E-state index in [2.05, 4.69) is 19.2 Å². The van der Waals surface area contributed by atoms with Crippen molar-refractivity contribution in [3.05, 3.63) is 0 Å². The third kappa shape index (κ3) is 2.31. The van der Waals surface area contributed by atoms with Crippen molar-refractivity contribution in [2.24, 2.45) is 0 Å². The highest BCUT2D eigenvalue weighted by molar-refractivity contribution is 8.01. The molecule has 2 aliphatic heterocycles.